The monoisotopic (exact) mass is 374 g/mol. The number of fused-ring (bicyclic) bond motifs is 2. The van der Waals surface area contributed by atoms with Gasteiger partial charge in [-0.1, -0.05) is 30.3 Å². The molecule has 3 atom stereocenters. The van der Waals surface area contributed by atoms with E-state index in [0.29, 0.717) is 6.42 Å². The molecule has 0 unspecified atom stereocenters. The van der Waals surface area contributed by atoms with Crippen molar-refractivity contribution in [1.29, 1.82) is 0 Å². The molecule has 2 heterocycles. The first-order chi connectivity index (χ1) is 12.8. The number of carbonyl (C=O) groups excluding carboxylic acids is 3. The molecule has 0 aliphatic carbocycles. The average molecular weight is 374 g/mol. The van der Waals surface area contributed by atoms with Crippen LogP contribution in [0.3, 0.4) is 0 Å². The van der Waals surface area contributed by atoms with E-state index in [-0.39, 0.29) is 25.2 Å². The highest BCUT2D eigenvalue weighted by Gasteiger charge is 2.51. The molecule has 2 bridgehead atoms. The second-order valence-electron chi connectivity index (χ2n) is 8.01. The molecule has 0 saturated carbocycles. The second-order valence-corrected chi connectivity index (χ2v) is 8.01. The van der Waals surface area contributed by atoms with Gasteiger partial charge in [-0.2, -0.15) is 0 Å². The molecule has 2 saturated heterocycles. The first-order valence-corrected chi connectivity index (χ1v) is 9.24. The average Bonchev–Trinajstić information content (AvgIpc) is 2.94. The van der Waals surface area contributed by atoms with Crippen molar-refractivity contribution in [2.45, 2.75) is 63.9 Å². The molecule has 0 aromatic heterocycles. The molecule has 2 fully saturated rings. The highest BCUT2D eigenvalue weighted by molar-refractivity contribution is 5.77. The molecule has 1 aromatic carbocycles. The minimum atomic E-state index is -0.723. The molecule has 7 nitrogen and oxygen atoms in total. The summed E-state index contributed by atoms with van der Waals surface area (Å²) in [4.78, 5) is 40.0. The summed E-state index contributed by atoms with van der Waals surface area (Å²) in [7, 11) is 0. The van der Waals surface area contributed by atoms with Crippen LogP contribution in [-0.4, -0.2) is 58.5 Å². The standard InChI is InChI=1S/C20H26N2O5/c1-20(2,3)27-19(25)22-15-9-10-16(22)17(12-23)21(11-15)18(24)26-13-14-7-5-4-6-8-14/h4-8,12,15-17H,9-11,13H2,1-3H3/t15-,16-,17+/m0/s1. The maximum atomic E-state index is 12.6. The van der Waals surface area contributed by atoms with Crippen molar-refractivity contribution in [2.24, 2.45) is 0 Å². The van der Waals surface area contributed by atoms with Gasteiger partial charge in [0.2, 0.25) is 0 Å². The van der Waals surface area contributed by atoms with Gasteiger partial charge in [-0.3, -0.25) is 9.80 Å². The summed E-state index contributed by atoms with van der Waals surface area (Å²) in [5.74, 6) is 0. The number of amides is 2. The van der Waals surface area contributed by atoms with Crippen molar-refractivity contribution in [3.05, 3.63) is 35.9 Å². The number of likely N-dealkylation sites (tertiary alicyclic amines) is 1. The van der Waals surface area contributed by atoms with E-state index in [9.17, 15) is 14.4 Å². The van der Waals surface area contributed by atoms with Gasteiger partial charge in [-0.25, -0.2) is 9.59 Å². The van der Waals surface area contributed by atoms with Crippen molar-refractivity contribution in [1.82, 2.24) is 9.80 Å². The largest absolute Gasteiger partial charge is 0.445 e. The van der Waals surface area contributed by atoms with Gasteiger partial charge in [0, 0.05) is 6.54 Å². The fourth-order valence-corrected chi connectivity index (χ4v) is 3.74. The van der Waals surface area contributed by atoms with Gasteiger partial charge >= 0.3 is 12.2 Å². The van der Waals surface area contributed by atoms with Gasteiger partial charge in [0.25, 0.3) is 0 Å². The van der Waals surface area contributed by atoms with E-state index in [1.54, 1.807) is 25.7 Å². The van der Waals surface area contributed by atoms with Gasteiger partial charge in [0.05, 0.1) is 12.1 Å². The molecule has 2 aliphatic rings. The Hall–Kier alpha value is -2.57. The van der Waals surface area contributed by atoms with Crippen LogP contribution < -0.4 is 0 Å². The number of hydrogen-bond donors (Lipinski definition) is 0. The molecule has 27 heavy (non-hydrogen) atoms. The van der Waals surface area contributed by atoms with E-state index < -0.39 is 23.8 Å². The maximum absolute atomic E-state index is 12.6. The normalized spacial score (nSPS) is 24.5. The number of hydrogen-bond acceptors (Lipinski definition) is 5. The molecular weight excluding hydrogens is 348 g/mol. The zero-order valence-corrected chi connectivity index (χ0v) is 16.0. The van der Waals surface area contributed by atoms with Crippen LogP contribution in [-0.2, 0) is 20.9 Å². The summed E-state index contributed by atoms with van der Waals surface area (Å²) in [6, 6.07) is 8.11. The summed E-state index contributed by atoms with van der Waals surface area (Å²) in [6.07, 6.45) is 1.16. The van der Waals surface area contributed by atoms with Crippen LogP contribution in [0.1, 0.15) is 39.2 Å². The molecular formula is C20H26N2O5. The Kier molecular flexibility index (Phi) is 5.39. The predicted octanol–water partition coefficient (Wildman–Crippen LogP) is 2.97. The minimum Gasteiger partial charge on any atom is -0.445 e. The van der Waals surface area contributed by atoms with Crippen LogP contribution in [0.25, 0.3) is 0 Å². The summed E-state index contributed by atoms with van der Waals surface area (Å²) in [6.45, 7) is 5.84. The fraction of sp³-hybridized carbons (Fsp3) is 0.550. The first kappa shape index (κ1) is 19.2. The Morgan fingerprint density at radius 2 is 1.85 bits per heavy atom. The van der Waals surface area contributed by atoms with Gasteiger partial charge in [0.1, 0.15) is 24.5 Å². The Bertz CT molecular complexity index is 700. The van der Waals surface area contributed by atoms with Crippen LogP contribution in [0.2, 0.25) is 0 Å². The van der Waals surface area contributed by atoms with Crippen molar-refractivity contribution in [3.8, 4) is 0 Å². The van der Waals surface area contributed by atoms with Crippen molar-refractivity contribution in [2.75, 3.05) is 6.54 Å². The zero-order valence-electron chi connectivity index (χ0n) is 16.0. The van der Waals surface area contributed by atoms with Crippen LogP contribution >= 0.6 is 0 Å². The molecule has 146 valence electrons. The number of nitrogens with zero attached hydrogens (tertiary/aromatic N) is 2. The summed E-state index contributed by atoms with van der Waals surface area (Å²) in [5, 5.41) is 0. The molecule has 7 heteroatoms. The van der Waals surface area contributed by atoms with E-state index in [1.165, 1.54) is 4.90 Å². The zero-order chi connectivity index (χ0) is 19.6. The smallest absolute Gasteiger partial charge is 0.410 e. The highest BCUT2D eigenvalue weighted by atomic mass is 16.6. The molecule has 2 aliphatic heterocycles. The number of piperazine rings is 1. The number of carbonyl (C=O) groups is 3. The number of aldehydes is 1. The van der Waals surface area contributed by atoms with Crippen LogP contribution in [0.5, 0.6) is 0 Å². The quantitative estimate of drug-likeness (QED) is 0.760. The summed E-state index contributed by atoms with van der Waals surface area (Å²) in [5.41, 5.74) is 0.266. The van der Waals surface area contributed by atoms with Crippen LogP contribution in [0.15, 0.2) is 30.3 Å². The Morgan fingerprint density at radius 3 is 2.48 bits per heavy atom. The van der Waals surface area contributed by atoms with E-state index in [1.807, 2.05) is 30.3 Å². The second kappa shape index (κ2) is 7.58. The lowest BCUT2D eigenvalue weighted by Gasteiger charge is -2.44. The Balaban J connectivity index is 1.68. The van der Waals surface area contributed by atoms with E-state index in [0.717, 1.165) is 18.3 Å². The summed E-state index contributed by atoms with van der Waals surface area (Å²) >= 11 is 0. The third-order valence-corrected chi connectivity index (χ3v) is 4.89. The lowest BCUT2D eigenvalue weighted by molar-refractivity contribution is -0.116. The summed E-state index contributed by atoms with van der Waals surface area (Å²) < 4.78 is 10.9. The fourth-order valence-electron chi connectivity index (χ4n) is 3.74. The van der Waals surface area contributed by atoms with Gasteiger partial charge in [0.15, 0.2) is 0 Å². The Labute approximate surface area is 159 Å². The Morgan fingerprint density at radius 1 is 1.15 bits per heavy atom. The first-order valence-electron chi connectivity index (χ1n) is 9.24. The molecule has 0 radical (unpaired) electrons. The lowest BCUT2D eigenvalue weighted by Crippen LogP contribution is -2.63. The number of rotatable bonds is 3. The topological polar surface area (TPSA) is 76.2 Å². The molecule has 3 rings (SSSR count). The van der Waals surface area contributed by atoms with Gasteiger partial charge in [-0.05, 0) is 39.2 Å². The molecule has 1 aromatic rings. The predicted molar refractivity (Wildman–Crippen MR) is 98.1 cm³/mol. The lowest BCUT2D eigenvalue weighted by atomic mass is 10.1. The van der Waals surface area contributed by atoms with E-state index in [4.69, 9.17) is 9.47 Å². The number of benzene rings is 1. The number of ether oxygens (including phenoxy) is 2. The van der Waals surface area contributed by atoms with Crippen LogP contribution in [0, 0.1) is 0 Å². The van der Waals surface area contributed by atoms with Crippen molar-refractivity contribution < 1.29 is 23.9 Å². The molecule has 2 amide bonds. The van der Waals surface area contributed by atoms with Gasteiger partial charge < -0.3 is 14.3 Å². The highest BCUT2D eigenvalue weighted by Crippen LogP contribution is 2.35. The molecule has 0 spiro atoms. The van der Waals surface area contributed by atoms with Crippen LogP contribution in [0.4, 0.5) is 9.59 Å². The van der Waals surface area contributed by atoms with Gasteiger partial charge in [-0.15, -0.1) is 0 Å². The van der Waals surface area contributed by atoms with Crippen molar-refractivity contribution >= 4 is 18.5 Å². The molecule has 0 N–H and O–H groups in total. The minimum absolute atomic E-state index is 0.146. The third kappa shape index (κ3) is 4.23. The van der Waals surface area contributed by atoms with Crippen molar-refractivity contribution in [3.63, 3.8) is 0 Å². The van der Waals surface area contributed by atoms with E-state index >= 15 is 0 Å². The SMILES string of the molecule is CC(C)(C)OC(=O)N1[C@H]2CC[C@H]1[C@@H](C=O)N(C(=O)OCc1ccccc1)C2. The maximum Gasteiger partial charge on any atom is 0.410 e. The third-order valence-electron chi connectivity index (χ3n) is 4.89. The van der Waals surface area contributed by atoms with E-state index in [2.05, 4.69) is 0 Å².